The van der Waals surface area contributed by atoms with Crippen molar-refractivity contribution in [3.05, 3.63) is 35.4 Å². The first-order valence-electron chi connectivity index (χ1n) is 7.66. The van der Waals surface area contributed by atoms with Crippen LogP contribution in [0.5, 0.6) is 0 Å². The third-order valence-corrected chi connectivity index (χ3v) is 4.10. The van der Waals surface area contributed by atoms with E-state index in [1.54, 1.807) is 0 Å². The van der Waals surface area contributed by atoms with Crippen molar-refractivity contribution in [3.8, 4) is 6.07 Å². The van der Waals surface area contributed by atoms with Gasteiger partial charge in [0.25, 0.3) is 0 Å². The zero-order valence-electron chi connectivity index (χ0n) is 12.5. The van der Waals surface area contributed by atoms with Gasteiger partial charge in [0.15, 0.2) is 0 Å². The molecule has 1 saturated heterocycles. The summed E-state index contributed by atoms with van der Waals surface area (Å²) in [6, 6.07) is 10.9. The lowest BCUT2D eigenvalue weighted by atomic mass is 10.1. The molecule has 3 nitrogen and oxygen atoms in total. The molecule has 0 saturated carbocycles. The number of rotatable bonds is 5. The van der Waals surface area contributed by atoms with Crippen molar-refractivity contribution in [3.63, 3.8) is 0 Å². The van der Waals surface area contributed by atoms with Gasteiger partial charge < -0.3 is 4.90 Å². The highest BCUT2D eigenvalue weighted by molar-refractivity contribution is 5.25. The van der Waals surface area contributed by atoms with E-state index in [1.165, 1.54) is 30.6 Å². The van der Waals surface area contributed by atoms with Gasteiger partial charge in [0.1, 0.15) is 0 Å². The summed E-state index contributed by atoms with van der Waals surface area (Å²) in [6.45, 7) is 8.98. The van der Waals surface area contributed by atoms with Gasteiger partial charge in [-0.25, -0.2) is 0 Å². The Bertz CT molecular complexity index is 450. The first kappa shape index (κ1) is 15.0. The molecule has 0 aliphatic carbocycles. The normalized spacial score (nSPS) is 17.6. The van der Waals surface area contributed by atoms with E-state index < -0.39 is 0 Å². The molecule has 0 bridgehead atoms. The molecule has 1 fully saturated rings. The Kier molecular flexibility index (Phi) is 6.04. The van der Waals surface area contributed by atoms with Gasteiger partial charge in [-0.05, 0) is 50.5 Å². The molecule has 1 aliphatic rings. The quantitative estimate of drug-likeness (QED) is 0.771. The second-order valence-corrected chi connectivity index (χ2v) is 5.66. The number of hydrogen-bond acceptors (Lipinski definition) is 3. The summed E-state index contributed by atoms with van der Waals surface area (Å²) in [4.78, 5) is 5.07. The highest BCUT2D eigenvalue weighted by atomic mass is 15.2. The lowest BCUT2D eigenvalue weighted by Crippen LogP contribution is -2.31. The van der Waals surface area contributed by atoms with Gasteiger partial charge in [0.05, 0.1) is 6.07 Å². The van der Waals surface area contributed by atoms with E-state index in [1.807, 2.05) is 0 Å². The molecule has 0 unspecified atom stereocenters. The highest BCUT2D eigenvalue weighted by Gasteiger charge is 2.15. The average Bonchev–Trinajstić information content (AvgIpc) is 2.67. The van der Waals surface area contributed by atoms with Crippen LogP contribution in [0.3, 0.4) is 0 Å². The maximum Gasteiger partial charge on any atom is 0.0622 e. The molecule has 0 aromatic heterocycles. The van der Waals surface area contributed by atoms with Crippen LogP contribution < -0.4 is 0 Å². The summed E-state index contributed by atoms with van der Waals surface area (Å²) in [5.74, 6) is 0. The number of nitrogens with zero attached hydrogens (tertiary/aromatic N) is 3. The van der Waals surface area contributed by atoms with E-state index in [0.29, 0.717) is 6.42 Å². The van der Waals surface area contributed by atoms with Gasteiger partial charge in [-0.1, -0.05) is 24.3 Å². The monoisotopic (exact) mass is 271 g/mol. The smallest absolute Gasteiger partial charge is 0.0622 e. The molecule has 0 spiro atoms. The van der Waals surface area contributed by atoms with E-state index in [-0.39, 0.29) is 0 Å². The molecule has 0 radical (unpaired) electrons. The Morgan fingerprint density at radius 2 is 1.85 bits per heavy atom. The molecule has 1 aliphatic heterocycles. The molecule has 108 valence electrons. The number of hydrogen-bond donors (Lipinski definition) is 0. The van der Waals surface area contributed by atoms with Crippen LogP contribution in [-0.4, -0.2) is 42.5 Å². The third-order valence-electron chi connectivity index (χ3n) is 4.10. The van der Waals surface area contributed by atoms with Gasteiger partial charge in [-0.3, -0.25) is 4.90 Å². The molecule has 1 aromatic rings. The maximum atomic E-state index is 8.61. The molecule has 3 heteroatoms. The van der Waals surface area contributed by atoms with Crippen LogP contribution in [0.1, 0.15) is 30.4 Å². The lowest BCUT2D eigenvalue weighted by Gasteiger charge is -2.22. The van der Waals surface area contributed by atoms with Crippen LogP contribution in [0.4, 0.5) is 0 Å². The molecule has 20 heavy (non-hydrogen) atoms. The van der Waals surface area contributed by atoms with E-state index in [4.69, 9.17) is 5.26 Å². The van der Waals surface area contributed by atoms with Crippen LogP contribution >= 0.6 is 0 Å². The molecule has 1 aromatic carbocycles. The Hall–Kier alpha value is -1.37. The molecule has 0 amide bonds. The van der Waals surface area contributed by atoms with E-state index in [0.717, 1.165) is 32.6 Å². The molecule has 1 heterocycles. The van der Waals surface area contributed by atoms with Crippen LogP contribution in [-0.2, 0) is 6.54 Å². The first-order chi connectivity index (χ1) is 9.79. The molecular weight excluding hydrogens is 246 g/mol. The molecular formula is C17H25N3. The van der Waals surface area contributed by atoms with Crippen molar-refractivity contribution in [1.82, 2.24) is 9.80 Å². The van der Waals surface area contributed by atoms with E-state index >= 15 is 0 Å². The van der Waals surface area contributed by atoms with Crippen molar-refractivity contribution in [1.29, 1.82) is 5.26 Å². The fourth-order valence-corrected chi connectivity index (χ4v) is 2.82. The van der Waals surface area contributed by atoms with Crippen LogP contribution in [0.2, 0.25) is 0 Å². The van der Waals surface area contributed by atoms with Crippen molar-refractivity contribution in [2.24, 2.45) is 0 Å². The van der Waals surface area contributed by atoms with Crippen molar-refractivity contribution in [2.75, 3.05) is 32.7 Å². The third kappa shape index (κ3) is 4.63. The Balaban J connectivity index is 1.81. The minimum atomic E-state index is 0.684. The van der Waals surface area contributed by atoms with Crippen molar-refractivity contribution >= 4 is 0 Å². The van der Waals surface area contributed by atoms with Gasteiger partial charge in [0, 0.05) is 26.1 Å². The fourth-order valence-electron chi connectivity index (χ4n) is 2.82. The topological polar surface area (TPSA) is 30.3 Å². The average molecular weight is 271 g/mol. The summed E-state index contributed by atoms with van der Waals surface area (Å²) in [5.41, 5.74) is 2.84. The highest BCUT2D eigenvalue weighted by Crippen LogP contribution is 2.13. The zero-order chi connectivity index (χ0) is 14.2. The molecule has 0 atom stereocenters. The van der Waals surface area contributed by atoms with Gasteiger partial charge in [-0.15, -0.1) is 0 Å². The van der Waals surface area contributed by atoms with Gasteiger partial charge in [-0.2, -0.15) is 5.26 Å². The second-order valence-electron chi connectivity index (χ2n) is 5.66. The van der Waals surface area contributed by atoms with Crippen molar-refractivity contribution in [2.45, 2.75) is 32.7 Å². The Morgan fingerprint density at radius 3 is 2.65 bits per heavy atom. The molecule has 0 N–H and O–H groups in total. The largest absolute Gasteiger partial charge is 0.302 e. The Morgan fingerprint density at radius 1 is 1.10 bits per heavy atom. The predicted molar refractivity (Wildman–Crippen MR) is 82.4 cm³/mol. The summed E-state index contributed by atoms with van der Waals surface area (Å²) >= 11 is 0. The summed E-state index contributed by atoms with van der Waals surface area (Å²) < 4.78 is 0. The summed E-state index contributed by atoms with van der Waals surface area (Å²) in [7, 11) is 0. The predicted octanol–water partition coefficient (Wildman–Crippen LogP) is 2.81. The lowest BCUT2D eigenvalue weighted by molar-refractivity contribution is 0.250. The number of aryl methyl sites for hydroxylation is 1. The number of unbranched alkanes of at least 4 members (excludes halogenated alkanes) is 1. The van der Waals surface area contributed by atoms with Crippen molar-refractivity contribution < 1.29 is 0 Å². The number of nitriles is 1. The van der Waals surface area contributed by atoms with Crippen LogP contribution in [0.25, 0.3) is 0 Å². The van der Waals surface area contributed by atoms with Gasteiger partial charge in [0.2, 0.25) is 0 Å². The van der Waals surface area contributed by atoms with E-state index in [9.17, 15) is 0 Å². The SMILES string of the molecule is Cc1ccccc1CN1CCCN(CCCC#N)CC1. The number of benzene rings is 1. The fraction of sp³-hybridized carbons (Fsp3) is 0.588. The van der Waals surface area contributed by atoms with E-state index in [2.05, 4.69) is 47.1 Å². The summed E-state index contributed by atoms with van der Waals surface area (Å²) in [5, 5.41) is 8.61. The zero-order valence-corrected chi connectivity index (χ0v) is 12.5. The molecule has 2 rings (SSSR count). The first-order valence-corrected chi connectivity index (χ1v) is 7.66. The van der Waals surface area contributed by atoms with Crippen LogP contribution in [0.15, 0.2) is 24.3 Å². The Labute approximate surface area is 122 Å². The minimum absolute atomic E-state index is 0.684. The summed E-state index contributed by atoms with van der Waals surface area (Å²) in [6.07, 6.45) is 2.93. The van der Waals surface area contributed by atoms with Gasteiger partial charge >= 0.3 is 0 Å². The minimum Gasteiger partial charge on any atom is -0.302 e. The second kappa shape index (κ2) is 8.04. The maximum absolute atomic E-state index is 8.61. The van der Waals surface area contributed by atoms with Crippen LogP contribution in [0, 0.1) is 18.3 Å². The standard InChI is InChI=1S/C17H25N3/c1-16-7-2-3-8-17(16)15-20-12-6-11-19(13-14-20)10-5-4-9-18/h2-3,7-8H,4-6,10-15H2,1H3.